The van der Waals surface area contributed by atoms with Crippen molar-refractivity contribution in [1.82, 2.24) is 20.1 Å². The summed E-state index contributed by atoms with van der Waals surface area (Å²) in [4.78, 5) is 35.1. The molecular weight excluding hydrogens is 562 g/mol. The molecule has 0 saturated carbocycles. The highest BCUT2D eigenvalue weighted by Gasteiger charge is 2.54. The number of halogens is 3. The molecule has 2 aromatic rings. The number of likely N-dealkylation sites (tertiary alicyclic amines) is 2. The van der Waals surface area contributed by atoms with Crippen LogP contribution >= 0.6 is 11.6 Å². The molecule has 5 rings (SSSR count). The zero-order valence-corrected chi connectivity index (χ0v) is 26.2. The molecule has 1 aromatic heterocycles. The Labute approximate surface area is 251 Å². The third-order valence-electron chi connectivity index (χ3n) is 9.22. The number of carbonyl (C=O) groups excluding carboxylic acids is 2. The van der Waals surface area contributed by atoms with Crippen molar-refractivity contribution in [2.75, 3.05) is 26.2 Å². The average Bonchev–Trinajstić information content (AvgIpc) is 3.45. The molecule has 0 aliphatic carbocycles. The Bertz CT molecular complexity index is 1400. The molecule has 1 spiro atoms. The molecule has 2 saturated heterocycles. The van der Waals surface area contributed by atoms with E-state index in [0.29, 0.717) is 55.3 Å². The third-order valence-corrected chi connectivity index (χ3v) is 9.61. The number of pyridine rings is 1. The monoisotopic (exact) mass is 602 g/mol. The van der Waals surface area contributed by atoms with Gasteiger partial charge in [-0.2, -0.15) is 0 Å². The average molecular weight is 603 g/mol. The number of benzene rings is 1. The van der Waals surface area contributed by atoms with E-state index in [1.54, 1.807) is 0 Å². The first-order valence-corrected chi connectivity index (χ1v) is 15.0. The quantitative estimate of drug-likeness (QED) is 0.490. The summed E-state index contributed by atoms with van der Waals surface area (Å²) in [5.41, 5.74) is 1.09. The highest BCUT2D eigenvalue weighted by molar-refractivity contribution is 6.31. The third kappa shape index (κ3) is 5.55. The van der Waals surface area contributed by atoms with Gasteiger partial charge in [0.25, 0.3) is 0 Å². The standard InChI is InChI=1S/C32H41ClF2N4O3/c1-18-25(33)15-22-27(36-18)32(42-28(22)31(6,7)37-19(2)40)10-12-38(13-11-32)29(41)24-17-39(30(3,4)5)16-23(24)21-9-8-20(34)14-26(21)35/h8-9,14-15,23-24,28H,10-13,16-17H2,1-7H3,(H,37,40)/t23-,24?,28-/m0/s1. The lowest BCUT2D eigenvalue weighted by Crippen LogP contribution is -2.50. The molecule has 228 valence electrons. The van der Waals surface area contributed by atoms with Crippen LogP contribution in [0.2, 0.25) is 5.02 Å². The number of hydrogen-bond donors (Lipinski definition) is 1. The summed E-state index contributed by atoms with van der Waals surface area (Å²) in [6, 6.07) is 5.53. The van der Waals surface area contributed by atoms with Gasteiger partial charge in [-0.3, -0.25) is 19.5 Å². The highest BCUT2D eigenvalue weighted by atomic mass is 35.5. The van der Waals surface area contributed by atoms with Crippen LogP contribution < -0.4 is 5.32 Å². The van der Waals surface area contributed by atoms with Gasteiger partial charge in [0.15, 0.2) is 0 Å². The van der Waals surface area contributed by atoms with E-state index in [1.807, 2.05) is 31.7 Å². The van der Waals surface area contributed by atoms with Gasteiger partial charge in [-0.1, -0.05) is 17.7 Å². The molecule has 3 aliphatic rings. The zero-order chi connectivity index (χ0) is 30.8. The lowest BCUT2D eigenvalue weighted by Gasteiger charge is -2.42. The Morgan fingerprint density at radius 3 is 2.33 bits per heavy atom. The molecule has 2 fully saturated rings. The van der Waals surface area contributed by atoms with Crippen LogP contribution in [0.15, 0.2) is 24.3 Å². The highest BCUT2D eigenvalue weighted by Crippen LogP contribution is 2.53. The summed E-state index contributed by atoms with van der Waals surface area (Å²) in [6.45, 7) is 15.3. The minimum Gasteiger partial charge on any atom is -0.358 e. The Morgan fingerprint density at radius 2 is 1.74 bits per heavy atom. The number of aryl methyl sites for hydroxylation is 1. The summed E-state index contributed by atoms with van der Waals surface area (Å²) < 4.78 is 35.5. The molecule has 1 unspecified atom stereocenters. The SMILES string of the molecule is CC(=O)NC(C)(C)[C@H]1OC2(CCN(C(=O)C3CN(C(C)(C)C)C[C@H]3c3ccc(F)cc3F)CC2)c2nc(C)c(Cl)cc21. The van der Waals surface area contributed by atoms with E-state index in [1.165, 1.54) is 19.1 Å². The largest absolute Gasteiger partial charge is 0.358 e. The van der Waals surface area contributed by atoms with Crippen molar-refractivity contribution in [2.24, 2.45) is 5.92 Å². The second kappa shape index (κ2) is 10.8. The van der Waals surface area contributed by atoms with E-state index in [4.69, 9.17) is 21.3 Å². The number of aromatic nitrogens is 1. The summed E-state index contributed by atoms with van der Waals surface area (Å²) in [5, 5.41) is 3.55. The lowest BCUT2D eigenvalue weighted by atomic mass is 9.83. The number of rotatable bonds is 4. The van der Waals surface area contributed by atoms with E-state index < -0.39 is 34.8 Å². The Hall–Kier alpha value is -2.62. The van der Waals surface area contributed by atoms with Crippen molar-refractivity contribution in [1.29, 1.82) is 0 Å². The van der Waals surface area contributed by atoms with Crippen LogP contribution in [0.3, 0.4) is 0 Å². The van der Waals surface area contributed by atoms with E-state index >= 15 is 0 Å². The minimum atomic E-state index is -0.725. The number of fused-ring (bicyclic) bond motifs is 2. The maximum Gasteiger partial charge on any atom is 0.227 e. The number of carbonyl (C=O) groups is 2. The Morgan fingerprint density at radius 1 is 1.07 bits per heavy atom. The fourth-order valence-electron chi connectivity index (χ4n) is 6.96. The van der Waals surface area contributed by atoms with Crippen LogP contribution in [0.4, 0.5) is 8.78 Å². The topological polar surface area (TPSA) is 74.8 Å². The summed E-state index contributed by atoms with van der Waals surface area (Å²) in [5.74, 6) is -2.28. The fourth-order valence-corrected chi connectivity index (χ4v) is 7.12. The number of nitrogens with zero attached hydrogens (tertiary/aromatic N) is 3. The van der Waals surface area contributed by atoms with E-state index in [2.05, 4.69) is 31.0 Å². The van der Waals surface area contributed by atoms with Gasteiger partial charge in [0.1, 0.15) is 23.3 Å². The maximum atomic E-state index is 15.0. The van der Waals surface area contributed by atoms with Gasteiger partial charge in [-0.05, 0) is 72.1 Å². The Balaban J connectivity index is 1.40. The van der Waals surface area contributed by atoms with Crippen molar-refractivity contribution in [3.8, 4) is 0 Å². The fraction of sp³-hybridized carbons (Fsp3) is 0.594. The number of nitrogens with one attached hydrogen (secondary N) is 1. The number of piperidine rings is 1. The van der Waals surface area contributed by atoms with Gasteiger partial charge in [-0.15, -0.1) is 0 Å². The molecular formula is C32H41ClF2N4O3. The number of ether oxygens (including phenoxy) is 1. The van der Waals surface area contributed by atoms with E-state index in [0.717, 1.165) is 17.3 Å². The molecule has 3 aliphatic heterocycles. The van der Waals surface area contributed by atoms with Crippen LogP contribution in [0.5, 0.6) is 0 Å². The van der Waals surface area contributed by atoms with Crippen LogP contribution in [0.25, 0.3) is 0 Å². The lowest BCUT2D eigenvalue weighted by molar-refractivity contribution is -0.154. The van der Waals surface area contributed by atoms with Crippen molar-refractivity contribution < 1.29 is 23.1 Å². The summed E-state index contributed by atoms with van der Waals surface area (Å²) in [6.07, 6.45) is 0.584. The van der Waals surface area contributed by atoms with Gasteiger partial charge in [0.05, 0.1) is 27.9 Å². The second-order valence-electron chi connectivity index (χ2n) is 13.7. The van der Waals surface area contributed by atoms with Gasteiger partial charge in [0, 0.05) is 56.2 Å². The predicted molar refractivity (Wildman–Crippen MR) is 157 cm³/mol. The van der Waals surface area contributed by atoms with E-state index in [9.17, 15) is 18.4 Å². The molecule has 0 bridgehead atoms. The Kier molecular flexibility index (Phi) is 7.95. The van der Waals surface area contributed by atoms with Gasteiger partial charge >= 0.3 is 0 Å². The summed E-state index contributed by atoms with van der Waals surface area (Å²) in [7, 11) is 0. The molecule has 7 nitrogen and oxygen atoms in total. The molecule has 4 heterocycles. The molecule has 3 atom stereocenters. The first-order valence-electron chi connectivity index (χ1n) is 14.7. The first-order chi connectivity index (χ1) is 19.5. The first kappa shape index (κ1) is 30.8. The molecule has 1 N–H and O–H groups in total. The van der Waals surface area contributed by atoms with Gasteiger partial charge < -0.3 is 15.0 Å². The van der Waals surface area contributed by atoms with E-state index in [-0.39, 0.29) is 23.3 Å². The maximum absolute atomic E-state index is 15.0. The molecule has 2 amide bonds. The van der Waals surface area contributed by atoms with Crippen LogP contribution in [0.1, 0.15) is 88.9 Å². The van der Waals surface area contributed by atoms with Gasteiger partial charge in [0.2, 0.25) is 11.8 Å². The molecule has 10 heteroatoms. The molecule has 0 radical (unpaired) electrons. The van der Waals surface area contributed by atoms with Crippen molar-refractivity contribution in [3.63, 3.8) is 0 Å². The number of amides is 2. The van der Waals surface area contributed by atoms with Crippen LogP contribution in [-0.4, -0.2) is 63.9 Å². The van der Waals surface area contributed by atoms with Crippen LogP contribution in [0, 0.1) is 24.5 Å². The van der Waals surface area contributed by atoms with Crippen molar-refractivity contribution in [2.45, 2.75) is 90.0 Å². The normalized spacial score (nSPS) is 24.2. The number of hydrogen-bond acceptors (Lipinski definition) is 5. The molecule has 1 aromatic carbocycles. The van der Waals surface area contributed by atoms with Crippen molar-refractivity contribution >= 4 is 23.4 Å². The smallest absolute Gasteiger partial charge is 0.227 e. The molecule has 42 heavy (non-hydrogen) atoms. The zero-order valence-electron chi connectivity index (χ0n) is 25.5. The second-order valence-corrected chi connectivity index (χ2v) is 14.1. The van der Waals surface area contributed by atoms with Gasteiger partial charge in [-0.25, -0.2) is 8.78 Å². The van der Waals surface area contributed by atoms with Crippen molar-refractivity contribution in [3.05, 3.63) is 63.4 Å². The summed E-state index contributed by atoms with van der Waals surface area (Å²) >= 11 is 6.50. The van der Waals surface area contributed by atoms with Crippen LogP contribution in [-0.2, 0) is 19.9 Å². The minimum absolute atomic E-state index is 0.0288. The predicted octanol–water partition coefficient (Wildman–Crippen LogP) is 5.64.